The molecule has 0 spiro atoms. The number of nitrogens with one attached hydrogen (secondary N) is 1. The Bertz CT molecular complexity index is 942. The van der Waals surface area contributed by atoms with E-state index in [1.165, 1.54) is 16.9 Å². The molecule has 0 saturated heterocycles. The van der Waals surface area contributed by atoms with Crippen LogP contribution < -0.4 is 4.72 Å². The van der Waals surface area contributed by atoms with Gasteiger partial charge in [-0.05, 0) is 31.5 Å². The average Bonchev–Trinajstić information content (AvgIpc) is 3.17. The summed E-state index contributed by atoms with van der Waals surface area (Å²) in [6.07, 6.45) is 0.575. The molecular weight excluding hydrogens is 360 g/mol. The van der Waals surface area contributed by atoms with E-state index in [-0.39, 0.29) is 0 Å². The van der Waals surface area contributed by atoms with Gasteiger partial charge in [0.25, 0.3) is 0 Å². The van der Waals surface area contributed by atoms with E-state index in [0.717, 1.165) is 21.1 Å². The first-order valence-corrected chi connectivity index (χ1v) is 10.7. The molecule has 1 N–H and O–H groups in total. The summed E-state index contributed by atoms with van der Waals surface area (Å²) in [5.41, 5.74) is 3.22. The summed E-state index contributed by atoms with van der Waals surface area (Å²) in [5.74, 6) is 0. The van der Waals surface area contributed by atoms with Gasteiger partial charge in [0.2, 0.25) is 10.0 Å². The van der Waals surface area contributed by atoms with Crippen LogP contribution in [-0.2, 0) is 16.4 Å². The lowest BCUT2D eigenvalue weighted by Gasteiger charge is -2.03. The maximum Gasteiger partial charge on any atom is 0.250 e. The Labute approximate surface area is 150 Å². The number of rotatable bonds is 6. The quantitative estimate of drug-likeness (QED) is 0.705. The van der Waals surface area contributed by atoms with Crippen LogP contribution >= 0.6 is 22.7 Å². The lowest BCUT2D eigenvalue weighted by atomic mass is 10.1. The minimum atomic E-state index is -3.42. The molecule has 0 fully saturated rings. The van der Waals surface area contributed by atoms with E-state index in [1.54, 1.807) is 17.4 Å². The van der Waals surface area contributed by atoms with Crippen LogP contribution in [0, 0.1) is 13.8 Å². The van der Waals surface area contributed by atoms with Gasteiger partial charge in [-0.3, -0.25) is 0 Å². The molecule has 1 aromatic carbocycles. The number of aromatic nitrogens is 1. The number of thiophene rings is 1. The van der Waals surface area contributed by atoms with E-state index in [0.29, 0.717) is 17.2 Å². The third-order valence-corrected chi connectivity index (χ3v) is 7.46. The Balaban J connectivity index is 1.63. The second-order valence-electron chi connectivity index (χ2n) is 5.47. The second kappa shape index (κ2) is 7.14. The van der Waals surface area contributed by atoms with Crippen LogP contribution in [-0.4, -0.2) is 19.9 Å². The molecule has 0 saturated carbocycles. The summed E-state index contributed by atoms with van der Waals surface area (Å²) in [6.45, 7) is 4.30. The van der Waals surface area contributed by atoms with Gasteiger partial charge in [0.1, 0.15) is 9.22 Å². The van der Waals surface area contributed by atoms with Gasteiger partial charge in [0.05, 0.1) is 5.69 Å². The van der Waals surface area contributed by atoms with Crippen molar-refractivity contribution < 1.29 is 8.42 Å². The van der Waals surface area contributed by atoms with Gasteiger partial charge >= 0.3 is 0 Å². The minimum absolute atomic E-state index is 0.343. The summed E-state index contributed by atoms with van der Waals surface area (Å²) >= 11 is 2.87. The Morgan fingerprint density at radius 2 is 1.92 bits per heavy atom. The van der Waals surface area contributed by atoms with Crippen LogP contribution in [0.5, 0.6) is 0 Å². The van der Waals surface area contributed by atoms with Crippen LogP contribution in [0.4, 0.5) is 0 Å². The second-order valence-corrected chi connectivity index (χ2v) is 9.61. The van der Waals surface area contributed by atoms with Crippen molar-refractivity contribution >= 4 is 32.7 Å². The minimum Gasteiger partial charge on any atom is -0.241 e. The van der Waals surface area contributed by atoms with E-state index in [4.69, 9.17) is 0 Å². The van der Waals surface area contributed by atoms with E-state index in [9.17, 15) is 8.42 Å². The van der Waals surface area contributed by atoms with Gasteiger partial charge in [-0.1, -0.05) is 24.3 Å². The molecule has 0 amide bonds. The highest BCUT2D eigenvalue weighted by molar-refractivity contribution is 7.91. The number of nitrogens with zero attached hydrogens (tertiary/aromatic N) is 1. The zero-order valence-electron chi connectivity index (χ0n) is 13.4. The smallest absolute Gasteiger partial charge is 0.241 e. The molecule has 0 bridgehead atoms. The highest BCUT2D eigenvalue weighted by Gasteiger charge is 2.15. The fraction of sp³-hybridized carbons (Fsp3) is 0.235. The van der Waals surface area contributed by atoms with Crippen LogP contribution in [0.2, 0.25) is 0 Å². The van der Waals surface area contributed by atoms with Gasteiger partial charge in [0.15, 0.2) is 0 Å². The third kappa shape index (κ3) is 3.92. The van der Waals surface area contributed by atoms with Gasteiger partial charge in [0, 0.05) is 28.8 Å². The van der Waals surface area contributed by atoms with Gasteiger partial charge in [-0.2, -0.15) is 0 Å². The van der Waals surface area contributed by atoms with Crippen molar-refractivity contribution in [3.05, 3.63) is 57.9 Å². The van der Waals surface area contributed by atoms with Crippen LogP contribution in [0.25, 0.3) is 10.6 Å². The fourth-order valence-corrected chi connectivity index (χ4v) is 5.60. The molecular formula is C17H18N2O2S3. The first-order valence-electron chi connectivity index (χ1n) is 7.52. The Morgan fingerprint density at radius 3 is 2.62 bits per heavy atom. The van der Waals surface area contributed by atoms with Crippen molar-refractivity contribution in [2.24, 2.45) is 0 Å². The molecule has 7 heteroatoms. The lowest BCUT2D eigenvalue weighted by molar-refractivity contribution is 0.583. The first kappa shape index (κ1) is 17.3. The van der Waals surface area contributed by atoms with Crippen molar-refractivity contribution in [3.8, 4) is 10.6 Å². The summed E-state index contributed by atoms with van der Waals surface area (Å²) in [7, 11) is -3.42. The molecule has 24 heavy (non-hydrogen) atoms. The molecule has 3 aromatic rings. The number of thiazole rings is 1. The highest BCUT2D eigenvalue weighted by Crippen LogP contribution is 2.26. The predicted octanol–water partition coefficient (Wildman–Crippen LogP) is 4.01. The highest BCUT2D eigenvalue weighted by atomic mass is 32.2. The molecule has 0 aliphatic rings. The van der Waals surface area contributed by atoms with Crippen molar-refractivity contribution in [1.29, 1.82) is 0 Å². The zero-order valence-corrected chi connectivity index (χ0v) is 15.9. The van der Waals surface area contributed by atoms with Gasteiger partial charge < -0.3 is 0 Å². The number of aryl methyl sites for hydroxylation is 2. The molecule has 0 aliphatic heterocycles. The number of hydrogen-bond acceptors (Lipinski definition) is 5. The standard InChI is InChI=1S/C17H18N2O2S3/c1-12-5-3-4-6-15(12)17-19-14(11-22-17)9-10-18-24(20,21)16-8-7-13(2)23-16/h3-8,11,18H,9-10H2,1-2H3. The average molecular weight is 379 g/mol. The molecule has 2 heterocycles. The molecule has 3 rings (SSSR count). The van der Waals surface area contributed by atoms with Crippen molar-refractivity contribution in [1.82, 2.24) is 9.71 Å². The zero-order chi connectivity index (χ0) is 17.2. The Hall–Kier alpha value is -1.54. The monoisotopic (exact) mass is 378 g/mol. The van der Waals surface area contributed by atoms with Gasteiger partial charge in [-0.15, -0.1) is 22.7 Å². The molecule has 0 atom stereocenters. The van der Waals surface area contributed by atoms with Crippen molar-refractivity contribution in [3.63, 3.8) is 0 Å². The first-order chi connectivity index (χ1) is 11.5. The molecule has 4 nitrogen and oxygen atoms in total. The fourth-order valence-electron chi connectivity index (χ4n) is 2.30. The van der Waals surface area contributed by atoms with E-state index >= 15 is 0 Å². The number of hydrogen-bond donors (Lipinski definition) is 1. The Kier molecular flexibility index (Phi) is 5.15. The summed E-state index contributed by atoms with van der Waals surface area (Å²) in [6, 6.07) is 11.6. The predicted molar refractivity (Wildman–Crippen MR) is 100 cm³/mol. The van der Waals surface area contributed by atoms with Crippen LogP contribution in [0.3, 0.4) is 0 Å². The lowest BCUT2D eigenvalue weighted by Crippen LogP contribution is -2.25. The Morgan fingerprint density at radius 1 is 1.12 bits per heavy atom. The van der Waals surface area contributed by atoms with Crippen LogP contribution in [0.15, 0.2) is 46.0 Å². The van der Waals surface area contributed by atoms with Crippen molar-refractivity contribution in [2.45, 2.75) is 24.5 Å². The van der Waals surface area contributed by atoms with Crippen LogP contribution in [0.1, 0.15) is 16.1 Å². The topological polar surface area (TPSA) is 59.1 Å². The maximum atomic E-state index is 12.2. The van der Waals surface area contributed by atoms with Crippen molar-refractivity contribution in [2.75, 3.05) is 6.54 Å². The molecule has 2 aromatic heterocycles. The molecule has 0 radical (unpaired) electrons. The molecule has 0 unspecified atom stereocenters. The van der Waals surface area contributed by atoms with E-state index in [1.807, 2.05) is 30.5 Å². The third-order valence-electron chi connectivity index (χ3n) is 3.58. The van der Waals surface area contributed by atoms with E-state index in [2.05, 4.69) is 28.8 Å². The normalized spacial score (nSPS) is 11.8. The summed E-state index contributed by atoms with van der Waals surface area (Å²) in [4.78, 5) is 5.61. The SMILES string of the molecule is Cc1ccc(S(=O)(=O)NCCc2csc(-c3ccccc3C)n2)s1. The summed E-state index contributed by atoms with van der Waals surface area (Å²) in [5, 5.41) is 2.96. The number of benzene rings is 1. The maximum absolute atomic E-state index is 12.2. The largest absolute Gasteiger partial charge is 0.250 e. The van der Waals surface area contributed by atoms with Gasteiger partial charge in [-0.25, -0.2) is 18.1 Å². The van der Waals surface area contributed by atoms with E-state index < -0.39 is 10.0 Å². The summed E-state index contributed by atoms with van der Waals surface area (Å²) < 4.78 is 27.4. The molecule has 0 aliphatic carbocycles. The molecule has 126 valence electrons. The number of sulfonamides is 1.